The van der Waals surface area contributed by atoms with Crippen molar-refractivity contribution >= 4 is 27.0 Å². The van der Waals surface area contributed by atoms with E-state index in [9.17, 15) is 13.2 Å². The van der Waals surface area contributed by atoms with E-state index in [1.165, 1.54) is 40.2 Å². The number of hydrogen-bond donors (Lipinski definition) is 1. The van der Waals surface area contributed by atoms with Crippen molar-refractivity contribution in [1.29, 1.82) is 0 Å². The number of nitrogens with zero attached hydrogens (tertiary/aromatic N) is 4. The van der Waals surface area contributed by atoms with Gasteiger partial charge in [0.05, 0.1) is 12.3 Å². The second-order valence-corrected chi connectivity index (χ2v) is 14.8. The van der Waals surface area contributed by atoms with Crippen LogP contribution in [0.15, 0.2) is 42.5 Å². The molecule has 0 radical (unpaired) electrons. The van der Waals surface area contributed by atoms with Crippen molar-refractivity contribution in [1.82, 2.24) is 23.4 Å². The summed E-state index contributed by atoms with van der Waals surface area (Å²) in [6.07, 6.45) is 6.03. The molecule has 7 heterocycles. The molecular weight excluding hydrogens is 550 g/mol. The van der Waals surface area contributed by atoms with Gasteiger partial charge in [0.1, 0.15) is 5.75 Å². The van der Waals surface area contributed by atoms with E-state index in [2.05, 4.69) is 49.4 Å². The molecule has 7 bridgehead atoms. The summed E-state index contributed by atoms with van der Waals surface area (Å²) in [5.74, 6) is 0.787. The molecule has 1 aliphatic carbocycles. The summed E-state index contributed by atoms with van der Waals surface area (Å²) < 4.78 is 39.4. The largest absolute Gasteiger partial charge is 0.492 e. The lowest BCUT2D eigenvalue weighted by Gasteiger charge is -2.51. The van der Waals surface area contributed by atoms with Gasteiger partial charge in [-0.2, -0.15) is 12.7 Å². The number of rotatable bonds is 1. The van der Waals surface area contributed by atoms with Crippen LogP contribution in [0.2, 0.25) is 0 Å². The topological polar surface area (TPSA) is 87.1 Å². The highest BCUT2D eigenvalue weighted by atomic mass is 32.2. The summed E-state index contributed by atoms with van der Waals surface area (Å²) in [4.78, 5) is 18.3. The Balaban J connectivity index is 1.32. The smallest absolute Gasteiger partial charge is 0.304 e. The van der Waals surface area contributed by atoms with Crippen molar-refractivity contribution in [3.8, 4) is 17.0 Å². The van der Waals surface area contributed by atoms with Gasteiger partial charge in [-0.05, 0) is 48.6 Å². The van der Waals surface area contributed by atoms with Crippen LogP contribution in [0.25, 0.3) is 22.2 Å². The monoisotopic (exact) mass is 589 g/mol. The van der Waals surface area contributed by atoms with Crippen molar-refractivity contribution < 1.29 is 17.9 Å². The van der Waals surface area contributed by atoms with E-state index >= 15 is 0 Å². The predicted octanol–water partition coefficient (Wildman–Crippen LogP) is 3.66. The molecule has 1 aromatic heterocycles. The molecule has 1 saturated carbocycles. The Morgan fingerprint density at radius 1 is 0.857 bits per heavy atom. The molecular formula is C32H39N5O4S. The van der Waals surface area contributed by atoms with Crippen molar-refractivity contribution in [2.24, 2.45) is 5.41 Å². The number of hydrogen-bond acceptors (Lipinski definition) is 6. The minimum atomic E-state index is -3.93. The highest BCUT2D eigenvalue weighted by molar-refractivity contribution is 7.87. The molecule has 10 rings (SSSR count). The molecule has 42 heavy (non-hydrogen) atoms. The van der Waals surface area contributed by atoms with Gasteiger partial charge in [-0.25, -0.2) is 4.72 Å². The van der Waals surface area contributed by atoms with E-state index in [1.807, 2.05) is 12.1 Å². The van der Waals surface area contributed by atoms with Gasteiger partial charge < -0.3 is 14.2 Å². The third-order valence-electron chi connectivity index (χ3n) is 10.3. The number of fused-ring (bicyclic) bond motifs is 3. The fourth-order valence-electron chi connectivity index (χ4n) is 8.15. The molecule has 2 aromatic carbocycles. The maximum atomic E-state index is 13.5. The molecule has 3 fully saturated rings. The number of carbonyl (C=O) groups is 1. The van der Waals surface area contributed by atoms with Gasteiger partial charge in [0.2, 0.25) is 0 Å². The Bertz CT molecular complexity index is 1650. The number of piperazine rings is 1. The number of carbonyl (C=O) groups excluding carboxylic acids is 1. The first-order valence-electron chi connectivity index (χ1n) is 15.5. The van der Waals surface area contributed by atoms with Gasteiger partial charge in [0.25, 0.3) is 5.91 Å². The quantitative estimate of drug-likeness (QED) is 0.467. The molecule has 222 valence electrons. The Kier molecular flexibility index (Phi) is 6.40. The Hall–Kier alpha value is -2.92. The van der Waals surface area contributed by atoms with E-state index in [0.717, 1.165) is 62.4 Å². The summed E-state index contributed by atoms with van der Waals surface area (Å²) in [6, 6.07) is 14.2. The first kappa shape index (κ1) is 26.7. The first-order chi connectivity index (χ1) is 20.4. The lowest BCUT2D eigenvalue weighted by molar-refractivity contribution is -0.0494. The Morgan fingerprint density at radius 3 is 2.40 bits per heavy atom. The second kappa shape index (κ2) is 10.1. The van der Waals surface area contributed by atoms with Crippen LogP contribution >= 0.6 is 0 Å². The fraction of sp³-hybridized carbons (Fsp3) is 0.531. The van der Waals surface area contributed by atoms with Crippen LogP contribution < -0.4 is 9.46 Å². The van der Waals surface area contributed by atoms with Crippen LogP contribution in [-0.4, -0.2) is 92.0 Å². The molecule has 10 heteroatoms. The van der Waals surface area contributed by atoms with Crippen LogP contribution in [0.5, 0.6) is 5.75 Å². The van der Waals surface area contributed by atoms with E-state index in [-0.39, 0.29) is 5.41 Å². The van der Waals surface area contributed by atoms with Crippen LogP contribution in [0.4, 0.5) is 0 Å². The number of aromatic nitrogens is 1. The Morgan fingerprint density at radius 2 is 1.60 bits per heavy atom. The van der Waals surface area contributed by atoms with Crippen molar-refractivity contribution in [3.05, 3.63) is 53.6 Å². The third-order valence-corrected chi connectivity index (χ3v) is 11.8. The van der Waals surface area contributed by atoms with E-state index < -0.39 is 16.1 Å². The normalized spacial score (nSPS) is 31.0. The molecule has 1 spiro atoms. The zero-order valence-corrected chi connectivity index (χ0v) is 24.9. The molecule has 1 N–H and O–H groups in total. The summed E-state index contributed by atoms with van der Waals surface area (Å²) in [6.45, 7) is 7.33. The zero-order chi connectivity index (χ0) is 28.5. The molecule has 0 atom stereocenters. The number of ether oxygens (including phenoxy) is 1. The lowest BCUT2D eigenvalue weighted by Crippen LogP contribution is -2.62. The highest BCUT2D eigenvalue weighted by Crippen LogP contribution is 2.49. The number of amides is 1. The van der Waals surface area contributed by atoms with Gasteiger partial charge in [-0.1, -0.05) is 37.5 Å². The highest BCUT2D eigenvalue weighted by Gasteiger charge is 2.46. The van der Waals surface area contributed by atoms with Crippen LogP contribution in [0.1, 0.15) is 53.9 Å². The number of nitrogens with one attached hydrogen (secondary N) is 1. The summed E-state index contributed by atoms with van der Waals surface area (Å²) in [5.41, 5.74) is 5.04. The van der Waals surface area contributed by atoms with Crippen molar-refractivity contribution in [2.75, 3.05) is 59.0 Å². The molecule has 9 nitrogen and oxygen atoms in total. The van der Waals surface area contributed by atoms with Crippen molar-refractivity contribution in [3.63, 3.8) is 0 Å². The molecule has 2 saturated heterocycles. The summed E-state index contributed by atoms with van der Waals surface area (Å²) >= 11 is 0. The fourth-order valence-corrected chi connectivity index (χ4v) is 9.27. The van der Waals surface area contributed by atoms with E-state index in [0.29, 0.717) is 44.3 Å². The number of para-hydroxylation sites is 1. The minimum Gasteiger partial charge on any atom is -0.492 e. The van der Waals surface area contributed by atoms with Gasteiger partial charge >= 0.3 is 10.2 Å². The summed E-state index contributed by atoms with van der Waals surface area (Å²) in [7, 11) is -3.93. The molecule has 6 aliphatic heterocycles. The van der Waals surface area contributed by atoms with E-state index in [4.69, 9.17) is 4.74 Å². The van der Waals surface area contributed by atoms with Gasteiger partial charge in [-0.3, -0.25) is 9.69 Å². The van der Waals surface area contributed by atoms with E-state index in [1.54, 1.807) is 0 Å². The molecule has 7 aliphatic rings. The van der Waals surface area contributed by atoms with Gasteiger partial charge in [-0.15, -0.1) is 0 Å². The van der Waals surface area contributed by atoms with Crippen LogP contribution in [-0.2, 0) is 16.8 Å². The van der Waals surface area contributed by atoms with Crippen LogP contribution in [0, 0.1) is 5.41 Å². The Labute approximate surface area is 247 Å². The maximum Gasteiger partial charge on any atom is 0.304 e. The molecule has 3 aromatic rings. The standard InChI is InChI=1S/C32H39N5O4S/c38-31-24-10-11-25-27(18-24)37-21-32(19-35(20-32)13-12-34-14-16-36(17-15-34)42(39,40)33-31)22-41-28-9-5-4-8-26(28)30(37)29(25)23-6-2-1-3-7-23/h4-5,8-11,18,23H,1-3,6-7,12-17,19-22H2,(H,33,38). The van der Waals surface area contributed by atoms with Crippen LogP contribution in [0.3, 0.4) is 0 Å². The average molecular weight is 590 g/mol. The lowest BCUT2D eigenvalue weighted by atomic mass is 9.79. The van der Waals surface area contributed by atoms with Crippen molar-refractivity contribution in [2.45, 2.75) is 44.6 Å². The van der Waals surface area contributed by atoms with Gasteiger partial charge in [0, 0.05) is 86.3 Å². The molecule has 0 unspecified atom stereocenters. The second-order valence-electron chi connectivity index (χ2n) is 13.1. The number of benzene rings is 2. The minimum absolute atomic E-state index is 0.0354. The predicted molar refractivity (Wildman–Crippen MR) is 162 cm³/mol. The first-order valence-corrected chi connectivity index (χ1v) is 17.0. The maximum absolute atomic E-state index is 13.5. The average Bonchev–Trinajstić information content (AvgIpc) is 3.29. The van der Waals surface area contributed by atoms with Gasteiger partial charge in [0.15, 0.2) is 0 Å². The third kappa shape index (κ3) is 4.46. The SMILES string of the molecule is O=C1NS(=O)(=O)N2CCN(CCN3CC4(COc5ccccc5-c5c(C6CCCCC6)c6ccc1cc6n5C4)C3)CC2. The zero-order valence-electron chi connectivity index (χ0n) is 24.1. The summed E-state index contributed by atoms with van der Waals surface area (Å²) in [5, 5.41) is 1.17. The molecule has 1 amide bonds.